The van der Waals surface area contributed by atoms with Crippen molar-refractivity contribution >= 4 is 12.6 Å². The van der Waals surface area contributed by atoms with Crippen molar-refractivity contribution in [2.75, 3.05) is 13.7 Å². The molecular weight excluding hydrogens is 243 g/mol. The van der Waals surface area contributed by atoms with Crippen LogP contribution >= 0.6 is 0 Å². The molecule has 0 radical (unpaired) electrons. The number of nitrogens with zero attached hydrogens (tertiary/aromatic N) is 1. The topological polar surface area (TPSA) is 85.3 Å². The molecule has 1 heterocycles. The normalized spacial score (nSPS) is 25.3. The molecule has 2 atom stereocenters. The third kappa shape index (κ3) is 4.22. The van der Waals surface area contributed by atoms with Crippen LogP contribution in [-0.4, -0.2) is 37.9 Å². The molecular formula is C13H23BN2O3. The highest BCUT2D eigenvalue weighted by Crippen LogP contribution is 2.42. The Kier molecular flexibility index (Phi) is 5.83. The average molecular weight is 266 g/mol. The van der Waals surface area contributed by atoms with Crippen LogP contribution in [0.3, 0.4) is 0 Å². The van der Waals surface area contributed by atoms with E-state index in [0.717, 1.165) is 12.8 Å². The molecule has 5 nitrogen and oxygen atoms in total. The lowest BCUT2D eigenvalue weighted by Crippen LogP contribution is -2.37. The zero-order valence-corrected chi connectivity index (χ0v) is 12.0. The number of methoxy groups -OCH3 is 1. The first-order valence-corrected chi connectivity index (χ1v) is 6.77. The van der Waals surface area contributed by atoms with E-state index in [-0.39, 0.29) is 24.5 Å². The van der Waals surface area contributed by atoms with Gasteiger partial charge in [-0.25, -0.2) is 5.26 Å². The van der Waals surface area contributed by atoms with Crippen LogP contribution in [0.25, 0.3) is 0 Å². The van der Waals surface area contributed by atoms with Crippen molar-refractivity contribution in [3.8, 4) is 5.97 Å². The number of carbonyl (C=O) groups is 1. The summed E-state index contributed by atoms with van der Waals surface area (Å²) in [6.07, 6.45) is 2.60. The summed E-state index contributed by atoms with van der Waals surface area (Å²) >= 11 is 0. The fraction of sp³-hybridized carbons (Fsp3) is 0.846. The minimum Gasteiger partial charge on any atom is -0.385 e. The van der Waals surface area contributed by atoms with Gasteiger partial charge in [-0.2, -0.15) is 0 Å². The maximum Gasteiger partial charge on any atom is 0.307 e. The van der Waals surface area contributed by atoms with E-state index >= 15 is 0 Å². The predicted molar refractivity (Wildman–Crippen MR) is 73.6 cm³/mol. The van der Waals surface area contributed by atoms with Crippen LogP contribution < -0.4 is 5.73 Å². The Morgan fingerprint density at radius 2 is 2.21 bits per heavy atom. The molecule has 0 bridgehead atoms. The zero-order valence-electron chi connectivity index (χ0n) is 12.0. The van der Waals surface area contributed by atoms with Crippen LogP contribution in [0.1, 0.15) is 39.5 Å². The highest BCUT2D eigenvalue weighted by Gasteiger charge is 2.52. The quantitative estimate of drug-likeness (QED) is 0.556. The highest BCUT2D eigenvalue weighted by atomic mass is 16.5. The number of hydrogen-bond acceptors (Lipinski definition) is 4. The molecule has 0 spiro atoms. The second-order valence-corrected chi connectivity index (χ2v) is 5.67. The van der Waals surface area contributed by atoms with Crippen molar-refractivity contribution in [3.05, 3.63) is 0 Å². The van der Waals surface area contributed by atoms with Crippen LogP contribution in [0.4, 0.5) is 0 Å². The third-order valence-electron chi connectivity index (χ3n) is 3.81. The van der Waals surface area contributed by atoms with E-state index in [0.29, 0.717) is 19.4 Å². The summed E-state index contributed by atoms with van der Waals surface area (Å²) in [6, 6.07) is 0. The van der Waals surface area contributed by atoms with Gasteiger partial charge in [-0.1, -0.05) is 6.42 Å². The summed E-state index contributed by atoms with van der Waals surface area (Å²) < 4.78 is 11.0. The molecule has 106 valence electrons. The van der Waals surface area contributed by atoms with Gasteiger partial charge in [0, 0.05) is 26.1 Å². The molecule has 1 aliphatic heterocycles. The second-order valence-electron chi connectivity index (χ2n) is 5.67. The van der Waals surface area contributed by atoms with Crippen molar-refractivity contribution in [2.24, 2.45) is 5.73 Å². The van der Waals surface area contributed by atoms with Crippen LogP contribution in [-0.2, 0) is 14.3 Å². The molecule has 1 fully saturated rings. The summed E-state index contributed by atoms with van der Waals surface area (Å²) in [5, 5.41) is 9.37. The molecule has 1 saturated heterocycles. The lowest BCUT2D eigenvalue weighted by atomic mass is 9.34. The van der Waals surface area contributed by atoms with Gasteiger partial charge < -0.3 is 15.2 Å². The number of amides is 1. The van der Waals surface area contributed by atoms with Gasteiger partial charge in [0.2, 0.25) is 5.91 Å². The molecule has 0 saturated carbocycles. The van der Waals surface area contributed by atoms with Gasteiger partial charge in [0.15, 0.2) is 0 Å². The van der Waals surface area contributed by atoms with Gasteiger partial charge in [-0.3, -0.25) is 4.79 Å². The molecule has 0 aromatic rings. The Morgan fingerprint density at radius 3 is 2.74 bits per heavy atom. The molecule has 0 aliphatic carbocycles. The smallest absolute Gasteiger partial charge is 0.307 e. The van der Waals surface area contributed by atoms with Crippen LogP contribution in [0.2, 0.25) is 5.82 Å². The first kappa shape index (κ1) is 16.0. The summed E-state index contributed by atoms with van der Waals surface area (Å²) in [5.74, 6) is 2.19. The summed E-state index contributed by atoms with van der Waals surface area (Å²) in [4.78, 5) is 10.9. The van der Waals surface area contributed by atoms with E-state index in [2.05, 4.69) is 5.97 Å². The van der Waals surface area contributed by atoms with Crippen molar-refractivity contribution in [1.29, 1.82) is 5.26 Å². The van der Waals surface area contributed by atoms with Gasteiger partial charge in [0.25, 0.3) is 0 Å². The Labute approximate surface area is 115 Å². The monoisotopic (exact) mass is 266 g/mol. The number of rotatable bonds is 7. The van der Waals surface area contributed by atoms with Crippen molar-refractivity contribution in [1.82, 2.24) is 0 Å². The van der Waals surface area contributed by atoms with E-state index in [1.54, 1.807) is 7.11 Å². The summed E-state index contributed by atoms with van der Waals surface area (Å²) in [6.45, 7) is 4.41. The predicted octanol–water partition coefficient (Wildman–Crippen LogP) is 1.32. The van der Waals surface area contributed by atoms with Crippen LogP contribution in [0.15, 0.2) is 0 Å². The second kappa shape index (κ2) is 6.92. The number of hydrogen-bond donors (Lipinski definition) is 1. The Hall–Kier alpha value is -1.06. The lowest BCUT2D eigenvalue weighted by molar-refractivity contribution is -0.119. The summed E-state index contributed by atoms with van der Waals surface area (Å²) in [7, 11) is 1.67. The minimum atomic E-state index is -0.463. The standard InChI is InChI=1S/C13H23BN2O3/c1-13(2)14(9-15)10(5-4-8-18-3)11(19-13)6-7-12(16)17/h10-11H,4-8H2,1-3H3,(H2,16,17). The number of ether oxygens (including phenoxy) is 2. The number of nitrogens with two attached hydrogens (primary N) is 1. The van der Waals surface area contributed by atoms with Crippen molar-refractivity contribution in [2.45, 2.75) is 57.0 Å². The molecule has 1 amide bonds. The SMILES string of the molecule is COCCCC1B(C#N)C(C)(C)OC1CCC(N)=O. The number of nitriles is 1. The van der Waals surface area contributed by atoms with E-state index in [9.17, 15) is 10.1 Å². The van der Waals surface area contributed by atoms with Crippen LogP contribution in [0.5, 0.6) is 0 Å². The van der Waals surface area contributed by atoms with Crippen molar-refractivity contribution in [3.63, 3.8) is 0 Å². The average Bonchev–Trinajstić information content (AvgIpc) is 2.57. The molecule has 2 unspecified atom stereocenters. The Bertz CT molecular complexity index is 354. The lowest BCUT2D eigenvalue weighted by Gasteiger charge is -2.20. The largest absolute Gasteiger partial charge is 0.385 e. The Balaban J connectivity index is 2.70. The first-order chi connectivity index (χ1) is 8.92. The fourth-order valence-corrected chi connectivity index (χ4v) is 2.91. The zero-order chi connectivity index (χ0) is 14.5. The molecule has 0 aromatic heterocycles. The maximum absolute atomic E-state index is 10.9. The van der Waals surface area contributed by atoms with E-state index < -0.39 is 5.50 Å². The van der Waals surface area contributed by atoms with Crippen LogP contribution in [0, 0.1) is 11.2 Å². The summed E-state index contributed by atoms with van der Waals surface area (Å²) in [5.41, 5.74) is 4.73. The van der Waals surface area contributed by atoms with Gasteiger partial charge >= 0.3 is 6.71 Å². The van der Waals surface area contributed by atoms with Crippen molar-refractivity contribution < 1.29 is 14.3 Å². The molecule has 1 rings (SSSR count). The van der Waals surface area contributed by atoms with E-state index in [4.69, 9.17) is 15.2 Å². The van der Waals surface area contributed by atoms with E-state index in [1.807, 2.05) is 13.8 Å². The van der Waals surface area contributed by atoms with Gasteiger partial charge in [-0.15, -0.1) is 0 Å². The van der Waals surface area contributed by atoms with Gasteiger partial charge in [-0.05, 0) is 32.5 Å². The first-order valence-electron chi connectivity index (χ1n) is 6.77. The van der Waals surface area contributed by atoms with Gasteiger partial charge in [0.05, 0.1) is 11.6 Å². The maximum atomic E-state index is 10.9. The molecule has 2 N–H and O–H groups in total. The van der Waals surface area contributed by atoms with Gasteiger partial charge in [0.1, 0.15) is 0 Å². The molecule has 19 heavy (non-hydrogen) atoms. The number of carbonyl (C=O) groups excluding carboxylic acids is 1. The highest BCUT2D eigenvalue weighted by molar-refractivity contribution is 6.72. The molecule has 0 aromatic carbocycles. The van der Waals surface area contributed by atoms with E-state index in [1.165, 1.54) is 0 Å². The Morgan fingerprint density at radius 1 is 1.53 bits per heavy atom. The molecule has 6 heteroatoms. The third-order valence-corrected chi connectivity index (χ3v) is 3.81. The minimum absolute atomic E-state index is 0.0657. The molecule has 1 aliphatic rings. The fourth-order valence-electron chi connectivity index (χ4n) is 2.91. The number of primary amides is 1.